The molecule has 1 rings (SSSR count). The van der Waals surface area contributed by atoms with Crippen LogP contribution in [0, 0.1) is 5.92 Å². The third kappa shape index (κ3) is 1.68. The number of carbonyl (C=O) groups is 1. The number of nitrogens with one attached hydrogen (secondary N) is 1. The van der Waals surface area contributed by atoms with E-state index in [0.29, 0.717) is 18.9 Å². The molecule has 1 saturated heterocycles. The number of ether oxygens (including phenoxy) is 1. The molecule has 1 atom stereocenters. The van der Waals surface area contributed by atoms with Gasteiger partial charge in [0.25, 0.3) is 0 Å². The molecule has 1 amide bonds. The molecule has 0 aliphatic carbocycles. The van der Waals surface area contributed by atoms with Crippen LogP contribution in [-0.2, 0) is 9.53 Å². The Hall–Kier alpha value is -0.570. The molecule has 0 radical (unpaired) electrons. The highest BCUT2D eigenvalue weighted by Crippen LogP contribution is 2.07. The highest BCUT2D eigenvalue weighted by Gasteiger charge is 2.20. The highest BCUT2D eigenvalue weighted by atomic mass is 16.5. The van der Waals surface area contributed by atoms with Crippen molar-refractivity contribution < 1.29 is 9.53 Å². The Morgan fingerprint density at radius 3 is 3.11 bits per heavy atom. The first-order valence-electron chi connectivity index (χ1n) is 3.08. The fraction of sp³-hybridized carbons (Fsp3) is 0.833. The summed E-state index contributed by atoms with van der Waals surface area (Å²) < 4.78 is 4.88. The summed E-state index contributed by atoms with van der Waals surface area (Å²) in [7, 11) is 1.66. The standard InChI is InChI=1S/C6H11NO2/c1-9-4-5-2-6(8)7-3-5/h5H,2-4H2,1H3,(H,7,8)/t5-/m0/s1. The lowest BCUT2D eigenvalue weighted by molar-refractivity contribution is -0.119. The molecule has 1 N–H and O–H groups in total. The summed E-state index contributed by atoms with van der Waals surface area (Å²) in [6, 6.07) is 0. The van der Waals surface area contributed by atoms with Crippen molar-refractivity contribution in [2.45, 2.75) is 6.42 Å². The van der Waals surface area contributed by atoms with E-state index in [0.717, 1.165) is 6.54 Å². The van der Waals surface area contributed by atoms with Gasteiger partial charge in [-0.1, -0.05) is 0 Å². The second kappa shape index (κ2) is 2.82. The van der Waals surface area contributed by atoms with E-state index in [1.807, 2.05) is 0 Å². The number of carbonyl (C=O) groups excluding carboxylic acids is 1. The van der Waals surface area contributed by atoms with Crippen LogP contribution in [0.1, 0.15) is 6.42 Å². The van der Waals surface area contributed by atoms with E-state index in [9.17, 15) is 4.79 Å². The van der Waals surface area contributed by atoms with Gasteiger partial charge in [-0.2, -0.15) is 0 Å². The number of hydrogen-bond acceptors (Lipinski definition) is 2. The van der Waals surface area contributed by atoms with E-state index in [2.05, 4.69) is 5.32 Å². The molecule has 52 valence electrons. The van der Waals surface area contributed by atoms with Crippen LogP contribution < -0.4 is 5.32 Å². The molecule has 0 aromatic heterocycles. The fourth-order valence-corrected chi connectivity index (χ4v) is 1.02. The van der Waals surface area contributed by atoms with E-state index in [1.54, 1.807) is 7.11 Å². The predicted octanol–water partition coefficient (Wildman–Crippen LogP) is -0.231. The lowest BCUT2D eigenvalue weighted by Crippen LogP contribution is -2.15. The summed E-state index contributed by atoms with van der Waals surface area (Å²) in [6.07, 6.45) is 0.633. The van der Waals surface area contributed by atoms with E-state index in [4.69, 9.17) is 4.74 Å². The van der Waals surface area contributed by atoms with Gasteiger partial charge in [-0.05, 0) is 0 Å². The predicted molar refractivity (Wildman–Crippen MR) is 33.0 cm³/mol. The quantitative estimate of drug-likeness (QED) is 0.559. The summed E-state index contributed by atoms with van der Waals surface area (Å²) in [6.45, 7) is 1.48. The smallest absolute Gasteiger partial charge is 0.220 e. The summed E-state index contributed by atoms with van der Waals surface area (Å²) in [4.78, 5) is 10.6. The van der Waals surface area contributed by atoms with Gasteiger partial charge in [-0.25, -0.2) is 0 Å². The van der Waals surface area contributed by atoms with E-state index < -0.39 is 0 Å². The van der Waals surface area contributed by atoms with E-state index >= 15 is 0 Å². The van der Waals surface area contributed by atoms with Crippen molar-refractivity contribution >= 4 is 5.91 Å². The number of methoxy groups -OCH3 is 1. The SMILES string of the molecule is COC[C@@H]1CNC(=O)C1. The van der Waals surface area contributed by atoms with Crippen molar-refractivity contribution in [3.63, 3.8) is 0 Å². The van der Waals surface area contributed by atoms with Crippen molar-refractivity contribution in [2.75, 3.05) is 20.3 Å². The Balaban J connectivity index is 2.22. The summed E-state index contributed by atoms with van der Waals surface area (Å²) >= 11 is 0. The lowest BCUT2D eigenvalue weighted by Gasteiger charge is -2.02. The molecule has 3 heteroatoms. The molecule has 9 heavy (non-hydrogen) atoms. The first-order chi connectivity index (χ1) is 4.33. The first kappa shape index (κ1) is 6.55. The van der Waals surface area contributed by atoms with Crippen LogP contribution >= 0.6 is 0 Å². The van der Waals surface area contributed by atoms with Gasteiger partial charge < -0.3 is 10.1 Å². The Labute approximate surface area is 54.4 Å². The molecule has 3 nitrogen and oxygen atoms in total. The van der Waals surface area contributed by atoms with Crippen LogP contribution in [0.15, 0.2) is 0 Å². The normalized spacial score (nSPS) is 26.3. The minimum atomic E-state index is 0.150. The molecule has 0 bridgehead atoms. The first-order valence-corrected chi connectivity index (χ1v) is 3.08. The zero-order chi connectivity index (χ0) is 6.69. The molecule has 1 fully saturated rings. The minimum absolute atomic E-state index is 0.150. The summed E-state index contributed by atoms with van der Waals surface area (Å²) in [5, 5.41) is 2.74. The van der Waals surface area contributed by atoms with Gasteiger partial charge in [0.05, 0.1) is 6.61 Å². The van der Waals surface area contributed by atoms with Gasteiger partial charge in [0, 0.05) is 26.0 Å². The van der Waals surface area contributed by atoms with Crippen LogP contribution in [0.5, 0.6) is 0 Å². The maximum absolute atomic E-state index is 10.6. The van der Waals surface area contributed by atoms with Gasteiger partial charge in [-0.3, -0.25) is 4.79 Å². The Kier molecular flexibility index (Phi) is 2.05. The molecule has 1 aliphatic rings. The Morgan fingerprint density at radius 2 is 2.67 bits per heavy atom. The molecule has 0 saturated carbocycles. The van der Waals surface area contributed by atoms with Gasteiger partial charge in [-0.15, -0.1) is 0 Å². The molecular formula is C6H11NO2. The van der Waals surface area contributed by atoms with Crippen LogP contribution in [0.2, 0.25) is 0 Å². The third-order valence-corrected chi connectivity index (χ3v) is 1.46. The van der Waals surface area contributed by atoms with Crippen molar-refractivity contribution in [2.24, 2.45) is 5.92 Å². The maximum Gasteiger partial charge on any atom is 0.220 e. The van der Waals surface area contributed by atoms with Gasteiger partial charge in [0.1, 0.15) is 0 Å². The average molecular weight is 129 g/mol. The highest BCUT2D eigenvalue weighted by molar-refractivity contribution is 5.78. The Bertz CT molecular complexity index is 114. The van der Waals surface area contributed by atoms with Gasteiger partial charge >= 0.3 is 0 Å². The summed E-state index contributed by atoms with van der Waals surface area (Å²) in [5.41, 5.74) is 0. The lowest BCUT2D eigenvalue weighted by atomic mass is 10.1. The fourth-order valence-electron chi connectivity index (χ4n) is 1.02. The monoisotopic (exact) mass is 129 g/mol. The summed E-state index contributed by atoms with van der Waals surface area (Å²) in [5.74, 6) is 0.555. The van der Waals surface area contributed by atoms with Crippen molar-refractivity contribution in [1.29, 1.82) is 0 Å². The maximum atomic E-state index is 10.6. The minimum Gasteiger partial charge on any atom is -0.384 e. The van der Waals surface area contributed by atoms with Crippen LogP contribution in [0.3, 0.4) is 0 Å². The molecule has 0 aromatic carbocycles. The molecule has 1 heterocycles. The third-order valence-electron chi connectivity index (χ3n) is 1.46. The molecule has 0 unspecified atom stereocenters. The van der Waals surface area contributed by atoms with Gasteiger partial charge in [0.2, 0.25) is 5.91 Å². The molecular weight excluding hydrogens is 118 g/mol. The topological polar surface area (TPSA) is 38.3 Å². The number of amides is 1. The van der Waals surface area contributed by atoms with Crippen LogP contribution in [0.25, 0.3) is 0 Å². The van der Waals surface area contributed by atoms with Crippen LogP contribution in [0.4, 0.5) is 0 Å². The van der Waals surface area contributed by atoms with Crippen molar-refractivity contribution in [3.05, 3.63) is 0 Å². The number of rotatable bonds is 2. The molecule has 1 aliphatic heterocycles. The van der Waals surface area contributed by atoms with Crippen LogP contribution in [-0.4, -0.2) is 26.2 Å². The molecule has 0 aromatic rings. The second-order valence-electron chi connectivity index (χ2n) is 2.33. The zero-order valence-corrected chi connectivity index (χ0v) is 5.52. The van der Waals surface area contributed by atoms with E-state index in [-0.39, 0.29) is 5.91 Å². The van der Waals surface area contributed by atoms with Crippen molar-refractivity contribution in [3.8, 4) is 0 Å². The number of hydrogen-bond donors (Lipinski definition) is 1. The van der Waals surface area contributed by atoms with E-state index in [1.165, 1.54) is 0 Å². The largest absolute Gasteiger partial charge is 0.384 e. The molecule has 0 spiro atoms. The second-order valence-corrected chi connectivity index (χ2v) is 2.33. The van der Waals surface area contributed by atoms with Gasteiger partial charge in [0.15, 0.2) is 0 Å². The van der Waals surface area contributed by atoms with Crippen molar-refractivity contribution in [1.82, 2.24) is 5.32 Å². The zero-order valence-electron chi connectivity index (χ0n) is 5.52. The Morgan fingerprint density at radius 1 is 1.89 bits per heavy atom. The average Bonchev–Trinajstić information content (AvgIpc) is 2.17.